The summed E-state index contributed by atoms with van der Waals surface area (Å²) in [5.74, 6) is 0.215. The number of nitrogens with one attached hydrogen (secondary N) is 1. The van der Waals surface area contributed by atoms with Crippen LogP contribution in [0, 0.1) is 13.8 Å². The second-order valence-electron chi connectivity index (χ2n) is 8.69. The number of carbonyl (C=O) groups is 3. The number of hydrogen-bond donors (Lipinski definition) is 1. The van der Waals surface area contributed by atoms with Crippen molar-refractivity contribution in [2.45, 2.75) is 27.3 Å². The fraction of sp³-hybridized carbons (Fsp3) is 0.207. The zero-order valence-corrected chi connectivity index (χ0v) is 23.6. The van der Waals surface area contributed by atoms with Gasteiger partial charge in [-0.25, -0.2) is 0 Å². The van der Waals surface area contributed by atoms with Gasteiger partial charge in [-0.2, -0.15) is 0 Å². The molecule has 3 amide bonds. The Bertz CT molecular complexity index is 1400. The fourth-order valence-corrected chi connectivity index (χ4v) is 4.86. The first kappa shape index (κ1) is 27.5. The van der Waals surface area contributed by atoms with Crippen LogP contribution >= 0.6 is 27.7 Å². The second-order valence-corrected chi connectivity index (χ2v) is 10.6. The number of ether oxygens (including phenoxy) is 2. The van der Waals surface area contributed by atoms with Gasteiger partial charge < -0.3 is 14.8 Å². The highest BCUT2D eigenvalue weighted by atomic mass is 79.9. The predicted molar refractivity (Wildman–Crippen MR) is 153 cm³/mol. The summed E-state index contributed by atoms with van der Waals surface area (Å²) < 4.78 is 12.4. The number of anilines is 1. The highest BCUT2D eigenvalue weighted by molar-refractivity contribution is 9.10. The van der Waals surface area contributed by atoms with E-state index in [1.165, 1.54) is 4.90 Å². The van der Waals surface area contributed by atoms with Crippen LogP contribution in [0.2, 0.25) is 0 Å². The number of rotatable bonds is 9. The molecule has 1 aliphatic rings. The van der Waals surface area contributed by atoms with Crippen LogP contribution in [-0.2, 0) is 16.1 Å². The Hall–Kier alpha value is -3.56. The van der Waals surface area contributed by atoms with E-state index in [2.05, 4.69) is 21.2 Å². The number of aryl methyl sites for hydroxylation is 2. The lowest BCUT2D eigenvalue weighted by molar-refractivity contribution is -0.123. The predicted octanol–water partition coefficient (Wildman–Crippen LogP) is 6.72. The number of halogens is 1. The third kappa shape index (κ3) is 6.85. The smallest absolute Gasteiger partial charge is 0.293 e. The summed E-state index contributed by atoms with van der Waals surface area (Å²) in [7, 11) is 0. The molecule has 0 saturated carbocycles. The van der Waals surface area contributed by atoms with Gasteiger partial charge in [0, 0.05) is 10.2 Å². The molecule has 7 nitrogen and oxygen atoms in total. The monoisotopic (exact) mass is 594 g/mol. The first-order valence-electron chi connectivity index (χ1n) is 12.0. The van der Waals surface area contributed by atoms with Gasteiger partial charge in [-0.1, -0.05) is 46.3 Å². The average Bonchev–Trinajstić information content (AvgIpc) is 3.14. The van der Waals surface area contributed by atoms with E-state index in [4.69, 9.17) is 9.47 Å². The Labute approximate surface area is 234 Å². The maximum Gasteiger partial charge on any atom is 0.293 e. The second kappa shape index (κ2) is 12.3. The van der Waals surface area contributed by atoms with Gasteiger partial charge in [-0.05, 0) is 91.2 Å². The van der Waals surface area contributed by atoms with Gasteiger partial charge in [0.05, 0.1) is 18.1 Å². The first-order valence-corrected chi connectivity index (χ1v) is 13.6. The maximum atomic E-state index is 12.9. The molecule has 1 fully saturated rings. The van der Waals surface area contributed by atoms with Gasteiger partial charge in [-0.15, -0.1) is 0 Å². The molecule has 1 aliphatic heterocycles. The summed E-state index contributed by atoms with van der Waals surface area (Å²) in [6.07, 6.45) is 1.66. The van der Waals surface area contributed by atoms with E-state index >= 15 is 0 Å². The van der Waals surface area contributed by atoms with E-state index in [0.717, 1.165) is 38.6 Å². The van der Waals surface area contributed by atoms with Crippen molar-refractivity contribution in [3.8, 4) is 11.5 Å². The van der Waals surface area contributed by atoms with Crippen molar-refractivity contribution in [1.82, 2.24) is 4.90 Å². The average molecular weight is 596 g/mol. The molecule has 0 radical (unpaired) electrons. The van der Waals surface area contributed by atoms with Crippen molar-refractivity contribution in [2.75, 3.05) is 18.5 Å². The molecule has 1 N–H and O–H groups in total. The summed E-state index contributed by atoms with van der Waals surface area (Å²) in [5, 5.41) is 2.56. The van der Waals surface area contributed by atoms with Gasteiger partial charge in [0.1, 0.15) is 0 Å². The summed E-state index contributed by atoms with van der Waals surface area (Å²) in [4.78, 5) is 39.5. The van der Waals surface area contributed by atoms with E-state index in [0.29, 0.717) is 28.6 Å². The van der Waals surface area contributed by atoms with Gasteiger partial charge in [0.15, 0.2) is 18.1 Å². The standard InChI is InChI=1S/C29H27BrN2O5S/c1-4-36-25-14-21(9-12-24(25)37-17-27(33)31-23-13-18(2)5-6-19(23)3)15-26-28(34)32(29(35)38-26)16-20-7-10-22(30)11-8-20/h5-15H,4,16-17H2,1-3H3,(H,31,33)/b26-15-. The lowest BCUT2D eigenvalue weighted by Gasteiger charge is -2.14. The lowest BCUT2D eigenvalue weighted by atomic mass is 10.1. The third-order valence-electron chi connectivity index (χ3n) is 5.72. The van der Waals surface area contributed by atoms with Crippen LogP contribution in [-0.4, -0.2) is 35.2 Å². The molecule has 38 heavy (non-hydrogen) atoms. The quantitative estimate of drug-likeness (QED) is 0.277. The Morgan fingerprint density at radius 2 is 1.76 bits per heavy atom. The van der Waals surface area contributed by atoms with Gasteiger partial charge >= 0.3 is 0 Å². The zero-order chi connectivity index (χ0) is 27.2. The number of imide groups is 1. The molecule has 0 aliphatic carbocycles. The normalized spacial score (nSPS) is 14.2. The minimum absolute atomic E-state index is 0.193. The SMILES string of the molecule is CCOc1cc(/C=C2\SC(=O)N(Cc3ccc(Br)cc3)C2=O)ccc1OCC(=O)Nc1cc(C)ccc1C. The van der Waals surface area contributed by atoms with Crippen molar-refractivity contribution < 1.29 is 23.9 Å². The molecule has 0 atom stereocenters. The molecule has 196 valence electrons. The molecular weight excluding hydrogens is 568 g/mol. The van der Waals surface area contributed by atoms with E-state index in [-0.39, 0.29) is 30.2 Å². The molecule has 3 aromatic carbocycles. The van der Waals surface area contributed by atoms with Gasteiger partial charge in [-0.3, -0.25) is 19.3 Å². The van der Waals surface area contributed by atoms with Crippen molar-refractivity contribution in [1.29, 1.82) is 0 Å². The fourth-order valence-electron chi connectivity index (χ4n) is 3.76. The number of thioether (sulfide) groups is 1. The molecule has 9 heteroatoms. The maximum absolute atomic E-state index is 12.9. The molecule has 1 heterocycles. The Balaban J connectivity index is 1.44. The van der Waals surface area contributed by atoms with E-state index < -0.39 is 0 Å². The Morgan fingerprint density at radius 1 is 1.00 bits per heavy atom. The Kier molecular flexibility index (Phi) is 8.91. The number of benzene rings is 3. The summed E-state index contributed by atoms with van der Waals surface area (Å²) in [6.45, 7) is 6.13. The van der Waals surface area contributed by atoms with E-state index in [1.54, 1.807) is 24.3 Å². The van der Waals surface area contributed by atoms with Crippen LogP contribution in [0.5, 0.6) is 11.5 Å². The highest BCUT2D eigenvalue weighted by Gasteiger charge is 2.35. The molecule has 3 aromatic rings. The van der Waals surface area contributed by atoms with Crippen LogP contribution < -0.4 is 14.8 Å². The summed E-state index contributed by atoms with van der Waals surface area (Å²) >= 11 is 4.29. The van der Waals surface area contributed by atoms with Crippen LogP contribution in [0.3, 0.4) is 0 Å². The van der Waals surface area contributed by atoms with Crippen molar-refractivity contribution in [3.63, 3.8) is 0 Å². The minimum atomic E-state index is -0.343. The third-order valence-corrected chi connectivity index (χ3v) is 7.15. The topological polar surface area (TPSA) is 84.9 Å². The van der Waals surface area contributed by atoms with Crippen molar-refractivity contribution in [3.05, 3.63) is 92.3 Å². The van der Waals surface area contributed by atoms with Crippen LogP contribution in [0.15, 0.2) is 70.0 Å². The Morgan fingerprint density at radius 3 is 2.50 bits per heavy atom. The number of nitrogens with zero attached hydrogens (tertiary/aromatic N) is 1. The molecule has 4 rings (SSSR count). The molecule has 0 unspecified atom stereocenters. The van der Waals surface area contributed by atoms with Crippen molar-refractivity contribution >= 4 is 56.5 Å². The van der Waals surface area contributed by atoms with Crippen LogP contribution in [0.4, 0.5) is 10.5 Å². The number of carbonyl (C=O) groups excluding carboxylic acids is 3. The minimum Gasteiger partial charge on any atom is -0.490 e. The molecular formula is C29H27BrN2O5S. The zero-order valence-electron chi connectivity index (χ0n) is 21.2. The first-order chi connectivity index (χ1) is 18.2. The van der Waals surface area contributed by atoms with Gasteiger partial charge in [0.25, 0.3) is 17.1 Å². The summed E-state index contributed by atoms with van der Waals surface area (Å²) in [6, 6.07) is 18.5. The molecule has 0 bridgehead atoms. The number of hydrogen-bond acceptors (Lipinski definition) is 6. The molecule has 0 spiro atoms. The van der Waals surface area contributed by atoms with Crippen molar-refractivity contribution in [2.24, 2.45) is 0 Å². The van der Waals surface area contributed by atoms with Crippen LogP contribution in [0.25, 0.3) is 6.08 Å². The molecule has 0 aromatic heterocycles. The van der Waals surface area contributed by atoms with E-state index in [1.807, 2.05) is 63.2 Å². The molecule has 1 saturated heterocycles. The lowest BCUT2D eigenvalue weighted by Crippen LogP contribution is -2.27. The van der Waals surface area contributed by atoms with Gasteiger partial charge in [0.2, 0.25) is 0 Å². The number of amides is 3. The van der Waals surface area contributed by atoms with E-state index in [9.17, 15) is 14.4 Å². The summed E-state index contributed by atoms with van der Waals surface area (Å²) in [5.41, 5.74) is 4.29. The highest BCUT2D eigenvalue weighted by Crippen LogP contribution is 2.35. The largest absolute Gasteiger partial charge is 0.490 e. The van der Waals surface area contributed by atoms with Crippen LogP contribution in [0.1, 0.15) is 29.2 Å².